The van der Waals surface area contributed by atoms with E-state index in [0.29, 0.717) is 18.2 Å². The minimum atomic E-state index is 0.289. The predicted molar refractivity (Wildman–Crippen MR) is 41.4 cm³/mol. The maximum atomic E-state index is 8.71. The molecule has 2 aliphatic rings. The summed E-state index contributed by atoms with van der Waals surface area (Å²) in [4.78, 5) is 0. The molecule has 2 N–H and O–H groups in total. The zero-order valence-corrected chi connectivity index (χ0v) is 6.62. The van der Waals surface area contributed by atoms with Crippen LogP contribution in [0.1, 0.15) is 19.3 Å². The van der Waals surface area contributed by atoms with Crippen molar-refractivity contribution in [1.29, 1.82) is 0 Å². The van der Waals surface area contributed by atoms with E-state index in [2.05, 4.69) is 5.32 Å². The van der Waals surface area contributed by atoms with Gasteiger partial charge in [-0.2, -0.15) is 0 Å². The Morgan fingerprint density at radius 3 is 3.18 bits per heavy atom. The first-order valence-corrected chi connectivity index (χ1v) is 4.38. The van der Waals surface area contributed by atoms with E-state index in [1.807, 2.05) is 0 Å². The Hall–Kier alpha value is -0.120. The fraction of sp³-hybridized carbons (Fsp3) is 1.00. The second kappa shape index (κ2) is 3.09. The highest BCUT2D eigenvalue weighted by Gasteiger charge is 2.37. The topological polar surface area (TPSA) is 41.5 Å². The summed E-state index contributed by atoms with van der Waals surface area (Å²) < 4.78 is 5.51. The molecule has 1 unspecified atom stereocenters. The Bertz CT molecular complexity index is 128. The lowest BCUT2D eigenvalue weighted by atomic mass is 10.1. The maximum absolute atomic E-state index is 8.71. The molecule has 3 atom stereocenters. The number of rotatable bonds is 2. The summed E-state index contributed by atoms with van der Waals surface area (Å²) in [5.41, 5.74) is 0. The lowest BCUT2D eigenvalue weighted by molar-refractivity contribution is 0.108. The smallest absolute Gasteiger partial charge is 0.0743 e. The average molecular weight is 157 g/mol. The Labute approximate surface area is 66.7 Å². The SMILES string of the molecule is OCCC1C[C@H]2OCC[C@H]2N1. The van der Waals surface area contributed by atoms with Crippen molar-refractivity contribution in [3.05, 3.63) is 0 Å². The maximum Gasteiger partial charge on any atom is 0.0743 e. The fourth-order valence-corrected chi connectivity index (χ4v) is 2.08. The van der Waals surface area contributed by atoms with E-state index >= 15 is 0 Å². The van der Waals surface area contributed by atoms with Gasteiger partial charge in [0.2, 0.25) is 0 Å². The van der Waals surface area contributed by atoms with Gasteiger partial charge < -0.3 is 15.2 Å². The lowest BCUT2D eigenvalue weighted by Gasteiger charge is -2.09. The molecular weight excluding hydrogens is 142 g/mol. The number of hydrogen-bond donors (Lipinski definition) is 2. The second-order valence-corrected chi connectivity index (χ2v) is 3.42. The Balaban J connectivity index is 1.84. The Kier molecular flexibility index (Phi) is 2.11. The third-order valence-electron chi connectivity index (χ3n) is 2.65. The van der Waals surface area contributed by atoms with E-state index in [1.54, 1.807) is 0 Å². The van der Waals surface area contributed by atoms with Crippen molar-refractivity contribution in [2.45, 2.75) is 37.5 Å². The van der Waals surface area contributed by atoms with Crippen molar-refractivity contribution in [3.63, 3.8) is 0 Å². The molecule has 0 saturated carbocycles. The molecular formula is C8H15NO2. The van der Waals surface area contributed by atoms with Gasteiger partial charge in [-0.25, -0.2) is 0 Å². The van der Waals surface area contributed by atoms with Gasteiger partial charge in [-0.15, -0.1) is 0 Å². The standard InChI is InChI=1S/C8H15NO2/c10-3-1-6-5-8-7(9-6)2-4-11-8/h6-10H,1-5H2/t6?,7-,8-/m1/s1. The number of hydrogen-bond acceptors (Lipinski definition) is 3. The van der Waals surface area contributed by atoms with Gasteiger partial charge in [-0.3, -0.25) is 0 Å². The Morgan fingerprint density at radius 1 is 1.55 bits per heavy atom. The van der Waals surface area contributed by atoms with Crippen LogP contribution in [0.25, 0.3) is 0 Å². The monoisotopic (exact) mass is 157 g/mol. The van der Waals surface area contributed by atoms with Gasteiger partial charge in [0, 0.05) is 25.3 Å². The molecule has 0 aromatic rings. The van der Waals surface area contributed by atoms with Gasteiger partial charge in [0.25, 0.3) is 0 Å². The molecule has 0 spiro atoms. The van der Waals surface area contributed by atoms with Gasteiger partial charge in [-0.1, -0.05) is 0 Å². The third-order valence-corrected chi connectivity index (χ3v) is 2.65. The summed E-state index contributed by atoms with van der Waals surface area (Å²) in [5.74, 6) is 0. The molecule has 2 fully saturated rings. The highest BCUT2D eigenvalue weighted by Crippen LogP contribution is 2.25. The quantitative estimate of drug-likeness (QED) is 0.587. The van der Waals surface area contributed by atoms with E-state index in [0.717, 1.165) is 25.9 Å². The molecule has 64 valence electrons. The van der Waals surface area contributed by atoms with Crippen LogP contribution in [0.2, 0.25) is 0 Å². The minimum absolute atomic E-state index is 0.289. The predicted octanol–water partition coefficient (Wildman–Crippen LogP) is -0.112. The van der Waals surface area contributed by atoms with Crippen LogP contribution in [0, 0.1) is 0 Å². The van der Waals surface area contributed by atoms with Crippen LogP contribution >= 0.6 is 0 Å². The molecule has 0 amide bonds. The van der Waals surface area contributed by atoms with Crippen LogP contribution in [-0.4, -0.2) is 36.5 Å². The number of nitrogens with one attached hydrogen (secondary N) is 1. The highest BCUT2D eigenvalue weighted by molar-refractivity contribution is 4.94. The van der Waals surface area contributed by atoms with Crippen molar-refractivity contribution in [2.75, 3.05) is 13.2 Å². The van der Waals surface area contributed by atoms with Crippen molar-refractivity contribution < 1.29 is 9.84 Å². The van der Waals surface area contributed by atoms with Gasteiger partial charge in [0.1, 0.15) is 0 Å². The molecule has 0 aromatic heterocycles. The molecule has 11 heavy (non-hydrogen) atoms. The van der Waals surface area contributed by atoms with E-state index in [4.69, 9.17) is 9.84 Å². The second-order valence-electron chi connectivity index (χ2n) is 3.42. The molecule has 3 heteroatoms. The molecule has 2 heterocycles. The summed E-state index contributed by atoms with van der Waals surface area (Å²) in [6.07, 6.45) is 3.54. The van der Waals surface area contributed by atoms with E-state index in [1.165, 1.54) is 0 Å². The fourth-order valence-electron chi connectivity index (χ4n) is 2.08. The van der Waals surface area contributed by atoms with Crippen LogP contribution in [0.5, 0.6) is 0 Å². The van der Waals surface area contributed by atoms with Crippen molar-refractivity contribution in [3.8, 4) is 0 Å². The number of aliphatic hydroxyl groups excluding tert-OH is 1. The van der Waals surface area contributed by atoms with Crippen LogP contribution in [-0.2, 0) is 4.74 Å². The molecule has 0 aliphatic carbocycles. The first kappa shape index (κ1) is 7.53. The van der Waals surface area contributed by atoms with Gasteiger partial charge in [-0.05, 0) is 19.3 Å². The number of ether oxygens (including phenoxy) is 1. The largest absolute Gasteiger partial charge is 0.396 e. The average Bonchev–Trinajstić information content (AvgIpc) is 2.46. The van der Waals surface area contributed by atoms with Crippen molar-refractivity contribution in [2.24, 2.45) is 0 Å². The normalized spacial score (nSPS) is 42.8. The van der Waals surface area contributed by atoms with Gasteiger partial charge in [0.05, 0.1) is 6.10 Å². The van der Waals surface area contributed by atoms with E-state index < -0.39 is 0 Å². The van der Waals surface area contributed by atoms with Crippen LogP contribution in [0.4, 0.5) is 0 Å². The summed E-state index contributed by atoms with van der Waals surface area (Å²) in [7, 11) is 0. The molecule has 0 aromatic carbocycles. The summed E-state index contributed by atoms with van der Waals surface area (Å²) in [5, 5.41) is 12.2. The number of fused-ring (bicyclic) bond motifs is 1. The first-order valence-electron chi connectivity index (χ1n) is 4.38. The molecule has 2 saturated heterocycles. The van der Waals surface area contributed by atoms with Crippen molar-refractivity contribution in [1.82, 2.24) is 5.32 Å². The lowest BCUT2D eigenvalue weighted by Crippen LogP contribution is -2.30. The van der Waals surface area contributed by atoms with Crippen molar-refractivity contribution >= 4 is 0 Å². The van der Waals surface area contributed by atoms with Crippen LogP contribution < -0.4 is 5.32 Å². The summed E-state index contributed by atoms with van der Waals surface area (Å²) >= 11 is 0. The molecule has 3 nitrogen and oxygen atoms in total. The third kappa shape index (κ3) is 1.41. The summed E-state index contributed by atoms with van der Waals surface area (Å²) in [6.45, 7) is 1.20. The Morgan fingerprint density at radius 2 is 2.45 bits per heavy atom. The van der Waals surface area contributed by atoms with Gasteiger partial charge >= 0.3 is 0 Å². The minimum Gasteiger partial charge on any atom is -0.396 e. The molecule has 2 aliphatic heterocycles. The molecule has 2 rings (SSSR count). The highest BCUT2D eigenvalue weighted by atomic mass is 16.5. The zero-order valence-electron chi connectivity index (χ0n) is 6.62. The first-order chi connectivity index (χ1) is 5.40. The molecule has 0 bridgehead atoms. The van der Waals surface area contributed by atoms with E-state index in [9.17, 15) is 0 Å². The molecule has 0 radical (unpaired) electrons. The van der Waals surface area contributed by atoms with Gasteiger partial charge in [0.15, 0.2) is 0 Å². The zero-order chi connectivity index (χ0) is 7.68. The summed E-state index contributed by atoms with van der Waals surface area (Å²) in [6, 6.07) is 1.07. The van der Waals surface area contributed by atoms with Crippen LogP contribution in [0.3, 0.4) is 0 Å². The number of aliphatic hydroxyl groups is 1. The van der Waals surface area contributed by atoms with Crippen LogP contribution in [0.15, 0.2) is 0 Å². The van der Waals surface area contributed by atoms with E-state index in [-0.39, 0.29) is 6.61 Å².